The third-order valence-electron chi connectivity index (χ3n) is 2.37. The summed E-state index contributed by atoms with van der Waals surface area (Å²) in [6.45, 7) is 5.77. The molecular weight excluding hydrogens is 210 g/mol. The maximum atomic E-state index is 5.67. The van der Waals surface area contributed by atoms with E-state index < -0.39 is 0 Å². The molecule has 0 aliphatic rings. The SMILES string of the molecule is CCCCB(CCCC)OCOCCCl. The molecular formula is C11H24BClO2. The lowest BCUT2D eigenvalue weighted by atomic mass is 9.59. The fraction of sp³-hybridized carbons (Fsp3) is 1.00. The van der Waals surface area contributed by atoms with Gasteiger partial charge in [0.1, 0.15) is 6.79 Å². The number of hydrogen-bond donors (Lipinski definition) is 0. The molecule has 0 amide bonds. The van der Waals surface area contributed by atoms with Crippen LogP contribution in [0.15, 0.2) is 0 Å². The van der Waals surface area contributed by atoms with Crippen LogP contribution in [0.2, 0.25) is 12.6 Å². The summed E-state index contributed by atoms with van der Waals surface area (Å²) in [5.41, 5.74) is 0. The summed E-state index contributed by atoms with van der Waals surface area (Å²) in [7, 11) is 0. The first-order valence-electron chi connectivity index (χ1n) is 6.10. The Kier molecular flexibility index (Phi) is 12.6. The highest BCUT2D eigenvalue weighted by molar-refractivity contribution is 6.51. The quantitative estimate of drug-likeness (QED) is 0.234. The van der Waals surface area contributed by atoms with E-state index in [1.165, 1.54) is 25.7 Å². The van der Waals surface area contributed by atoms with Crippen LogP contribution in [0.25, 0.3) is 0 Å². The number of hydrogen-bond acceptors (Lipinski definition) is 2. The largest absolute Gasteiger partial charge is 0.415 e. The van der Waals surface area contributed by atoms with Crippen molar-refractivity contribution in [2.75, 3.05) is 19.3 Å². The third kappa shape index (κ3) is 10.6. The molecule has 0 aliphatic heterocycles. The molecule has 15 heavy (non-hydrogen) atoms. The molecule has 0 aliphatic carbocycles. The van der Waals surface area contributed by atoms with Crippen molar-refractivity contribution < 1.29 is 9.39 Å². The molecule has 0 aromatic carbocycles. The molecule has 0 radical (unpaired) electrons. The fourth-order valence-electron chi connectivity index (χ4n) is 1.43. The number of alkyl halides is 1. The molecule has 0 fully saturated rings. The van der Waals surface area contributed by atoms with Crippen LogP contribution < -0.4 is 0 Å². The lowest BCUT2D eigenvalue weighted by Crippen LogP contribution is -2.20. The van der Waals surface area contributed by atoms with Crippen LogP contribution in [0.4, 0.5) is 0 Å². The Morgan fingerprint density at radius 1 is 1.07 bits per heavy atom. The van der Waals surface area contributed by atoms with Gasteiger partial charge in [-0.05, 0) is 12.6 Å². The Labute approximate surface area is 99.8 Å². The Morgan fingerprint density at radius 2 is 1.67 bits per heavy atom. The molecule has 0 N–H and O–H groups in total. The minimum absolute atomic E-state index is 0.375. The molecule has 90 valence electrons. The van der Waals surface area contributed by atoms with Crippen molar-refractivity contribution in [1.29, 1.82) is 0 Å². The molecule has 0 unspecified atom stereocenters. The zero-order valence-corrected chi connectivity index (χ0v) is 10.9. The van der Waals surface area contributed by atoms with Crippen LogP contribution in [0, 0.1) is 0 Å². The maximum Gasteiger partial charge on any atom is 0.296 e. The second-order valence-electron chi connectivity index (χ2n) is 3.79. The van der Waals surface area contributed by atoms with Crippen LogP contribution in [-0.2, 0) is 9.39 Å². The molecule has 4 heteroatoms. The number of rotatable bonds is 11. The van der Waals surface area contributed by atoms with Gasteiger partial charge in [0.25, 0.3) is 6.92 Å². The Bertz CT molecular complexity index is 117. The van der Waals surface area contributed by atoms with Gasteiger partial charge < -0.3 is 9.39 Å². The first-order valence-corrected chi connectivity index (χ1v) is 6.63. The minimum Gasteiger partial charge on any atom is -0.415 e. The van der Waals surface area contributed by atoms with E-state index in [1.54, 1.807) is 0 Å². The third-order valence-corrected chi connectivity index (χ3v) is 2.52. The van der Waals surface area contributed by atoms with Crippen molar-refractivity contribution in [3.8, 4) is 0 Å². The van der Waals surface area contributed by atoms with Gasteiger partial charge in [-0.25, -0.2) is 0 Å². The number of halogens is 1. The molecule has 0 aromatic heterocycles. The van der Waals surface area contributed by atoms with Crippen molar-refractivity contribution in [1.82, 2.24) is 0 Å². The first kappa shape index (κ1) is 15.3. The van der Waals surface area contributed by atoms with E-state index in [-0.39, 0.29) is 0 Å². The zero-order chi connectivity index (χ0) is 11.4. The lowest BCUT2D eigenvalue weighted by molar-refractivity contribution is 0.0207. The average molecular weight is 235 g/mol. The Morgan fingerprint density at radius 3 is 2.13 bits per heavy atom. The van der Waals surface area contributed by atoms with E-state index in [0.717, 1.165) is 12.6 Å². The summed E-state index contributed by atoms with van der Waals surface area (Å²) < 4.78 is 10.9. The molecule has 0 atom stereocenters. The highest BCUT2D eigenvalue weighted by atomic mass is 35.5. The van der Waals surface area contributed by atoms with E-state index in [1.807, 2.05) is 0 Å². The summed E-state index contributed by atoms with van der Waals surface area (Å²) >= 11 is 5.50. The Hall–Kier alpha value is 0.275. The fourth-order valence-corrected chi connectivity index (χ4v) is 1.54. The highest BCUT2D eigenvalue weighted by Gasteiger charge is 2.13. The van der Waals surface area contributed by atoms with E-state index in [9.17, 15) is 0 Å². The van der Waals surface area contributed by atoms with Crippen LogP contribution in [-0.4, -0.2) is 26.2 Å². The van der Waals surface area contributed by atoms with Crippen molar-refractivity contribution in [3.05, 3.63) is 0 Å². The van der Waals surface area contributed by atoms with Gasteiger partial charge in [-0.2, -0.15) is 0 Å². The molecule has 0 spiro atoms. The second-order valence-corrected chi connectivity index (χ2v) is 4.17. The van der Waals surface area contributed by atoms with Gasteiger partial charge >= 0.3 is 0 Å². The smallest absolute Gasteiger partial charge is 0.296 e. The van der Waals surface area contributed by atoms with Crippen LogP contribution in [0.3, 0.4) is 0 Å². The van der Waals surface area contributed by atoms with Crippen molar-refractivity contribution >= 4 is 18.5 Å². The maximum absolute atomic E-state index is 5.67. The van der Waals surface area contributed by atoms with Crippen LogP contribution in [0.5, 0.6) is 0 Å². The van der Waals surface area contributed by atoms with Gasteiger partial charge in [0, 0.05) is 5.88 Å². The van der Waals surface area contributed by atoms with Gasteiger partial charge in [-0.15, -0.1) is 11.6 Å². The van der Waals surface area contributed by atoms with Gasteiger partial charge in [-0.1, -0.05) is 39.5 Å². The number of unbranched alkanes of at least 4 members (excludes halogenated alkanes) is 2. The minimum atomic E-state index is 0.375. The summed E-state index contributed by atoms with van der Waals surface area (Å²) in [4.78, 5) is 0. The normalized spacial score (nSPS) is 10.6. The monoisotopic (exact) mass is 234 g/mol. The van der Waals surface area contributed by atoms with Gasteiger partial charge in [0.15, 0.2) is 0 Å². The first-order chi connectivity index (χ1) is 7.35. The van der Waals surface area contributed by atoms with E-state index in [2.05, 4.69) is 13.8 Å². The van der Waals surface area contributed by atoms with Crippen molar-refractivity contribution in [2.45, 2.75) is 52.2 Å². The molecule has 0 heterocycles. The van der Waals surface area contributed by atoms with E-state index in [4.69, 9.17) is 21.0 Å². The van der Waals surface area contributed by atoms with Gasteiger partial charge in [0.05, 0.1) is 6.61 Å². The zero-order valence-electron chi connectivity index (χ0n) is 10.1. The standard InChI is InChI=1S/C11H24BClO2/c1-3-5-7-12(8-6-4-2)15-11-14-10-9-13/h3-11H2,1-2H3. The van der Waals surface area contributed by atoms with Crippen LogP contribution >= 0.6 is 11.6 Å². The molecule has 0 rings (SSSR count). The van der Waals surface area contributed by atoms with Crippen molar-refractivity contribution in [2.24, 2.45) is 0 Å². The van der Waals surface area contributed by atoms with E-state index in [0.29, 0.717) is 26.2 Å². The summed E-state index contributed by atoms with van der Waals surface area (Å²) in [5, 5.41) is 0. The Balaban J connectivity index is 3.49. The number of ether oxygens (including phenoxy) is 1. The summed E-state index contributed by atoms with van der Waals surface area (Å²) in [6, 6.07) is 0. The summed E-state index contributed by atoms with van der Waals surface area (Å²) in [5.74, 6) is 0.540. The predicted octanol–water partition coefficient (Wildman–Crippen LogP) is 3.81. The van der Waals surface area contributed by atoms with Crippen molar-refractivity contribution in [3.63, 3.8) is 0 Å². The molecule has 0 saturated carbocycles. The molecule has 0 saturated heterocycles. The highest BCUT2D eigenvalue weighted by Crippen LogP contribution is 2.10. The van der Waals surface area contributed by atoms with Gasteiger partial charge in [-0.3, -0.25) is 0 Å². The lowest BCUT2D eigenvalue weighted by Gasteiger charge is -2.13. The second kappa shape index (κ2) is 12.3. The molecule has 0 bridgehead atoms. The predicted molar refractivity (Wildman–Crippen MR) is 67.8 cm³/mol. The molecule has 0 aromatic rings. The van der Waals surface area contributed by atoms with Gasteiger partial charge in [0.2, 0.25) is 0 Å². The van der Waals surface area contributed by atoms with E-state index >= 15 is 0 Å². The molecule has 2 nitrogen and oxygen atoms in total. The topological polar surface area (TPSA) is 18.5 Å². The summed E-state index contributed by atoms with van der Waals surface area (Å²) in [6.07, 6.45) is 7.25. The van der Waals surface area contributed by atoms with Crippen LogP contribution in [0.1, 0.15) is 39.5 Å². The average Bonchev–Trinajstić information content (AvgIpc) is 2.27.